The van der Waals surface area contributed by atoms with Crippen LogP contribution in [0.1, 0.15) is 20.3 Å². The van der Waals surface area contributed by atoms with E-state index in [9.17, 15) is 8.39 Å². The maximum absolute atomic E-state index is 11.7. The van der Waals surface area contributed by atoms with Crippen LogP contribution in [-0.4, -0.2) is 12.1 Å². The van der Waals surface area contributed by atoms with Crippen molar-refractivity contribution in [3.8, 4) is 0 Å². The molecule has 0 rings (SSSR count). The molecule has 0 atom stereocenters. The molecule has 0 amide bonds. The van der Waals surface area contributed by atoms with Crippen LogP contribution in [0.15, 0.2) is 0 Å². The maximum atomic E-state index is 11.7. The summed E-state index contributed by atoms with van der Waals surface area (Å²) >= 11 is 0. The average molecular weight is 171 g/mol. The summed E-state index contributed by atoms with van der Waals surface area (Å²) in [6, 6.07) is 0. The zero-order valence-corrected chi connectivity index (χ0v) is 7.00. The number of rotatable bonds is 4. The molecule has 2 nitrogen and oxygen atoms in total. The Kier molecular flexibility index (Phi) is 4.25. The van der Waals surface area contributed by atoms with Gasteiger partial charge in [0.15, 0.2) is 0 Å². The Bertz CT molecular complexity index is 99.6. The van der Waals surface area contributed by atoms with Crippen LogP contribution in [0, 0.1) is 0 Å². The third-order valence-electron chi connectivity index (χ3n) is 1.06. The monoisotopic (exact) mass is 171 g/mol. The van der Waals surface area contributed by atoms with Crippen molar-refractivity contribution in [2.45, 2.75) is 25.9 Å². The van der Waals surface area contributed by atoms with E-state index in [0.29, 0.717) is 13.0 Å². The van der Waals surface area contributed by atoms with Crippen LogP contribution < -0.4 is 5.73 Å². The smallest absolute Gasteiger partial charge is 0.330 e. The second kappa shape index (κ2) is 4.16. The fraction of sp³-hybridized carbons (Fsp3) is 1.00. The highest BCUT2D eigenvalue weighted by atomic mass is 31.2. The van der Waals surface area contributed by atoms with E-state index in [0.717, 1.165) is 0 Å². The Balaban J connectivity index is 3.63. The third kappa shape index (κ3) is 5.03. The first kappa shape index (κ1) is 10.2. The highest BCUT2D eigenvalue weighted by Gasteiger charge is 2.23. The van der Waals surface area contributed by atoms with Gasteiger partial charge in [-0.3, -0.25) is 4.52 Å². The molecule has 0 aliphatic carbocycles. The normalized spacial score (nSPS) is 12.6. The van der Waals surface area contributed by atoms with Crippen LogP contribution >= 0.6 is 8.77 Å². The van der Waals surface area contributed by atoms with Gasteiger partial charge in [-0.2, -0.15) is 8.39 Å². The molecule has 0 aliphatic rings. The van der Waals surface area contributed by atoms with Gasteiger partial charge in [0.25, 0.3) is 0 Å². The van der Waals surface area contributed by atoms with E-state index in [1.165, 1.54) is 0 Å². The lowest BCUT2D eigenvalue weighted by atomic mass is 10.1. The Hall–Kier alpha value is 0.210. The Morgan fingerprint density at radius 1 is 1.50 bits per heavy atom. The molecule has 5 heteroatoms. The molecule has 0 aromatic heterocycles. The summed E-state index contributed by atoms with van der Waals surface area (Å²) in [5.74, 6) is 0. The molecule has 0 heterocycles. The van der Waals surface area contributed by atoms with Gasteiger partial charge < -0.3 is 5.73 Å². The second-order valence-corrected chi connectivity index (χ2v) is 3.18. The van der Waals surface area contributed by atoms with E-state index < -0.39 is 14.4 Å². The van der Waals surface area contributed by atoms with Crippen LogP contribution in [0.3, 0.4) is 0 Å². The van der Waals surface area contributed by atoms with Crippen molar-refractivity contribution < 1.29 is 12.9 Å². The fourth-order valence-electron chi connectivity index (χ4n) is 0.580. The summed E-state index contributed by atoms with van der Waals surface area (Å²) < 4.78 is 27.6. The average Bonchev–Trinajstić information content (AvgIpc) is 1.59. The van der Waals surface area contributed by atoms with Gasteiger partial charge in [-0.15, -0.1) is 0 Å². The molecule has 0 saturated carbocycles. The Labute approximate surface area is 60.8 Å². The van der Waals surface area contributed by atoms with E-state index in [2.05, 4.69) is 4.52 Å². The van der Waals surface area contributed by atoms with Crippen molar-refractivity contribution in [1.82, 2.24) is 0 Å². The minimum Gasteiger partial charge on any atom is -0.330 e. The van der Waals surface area contributed by atoms with Crippen LogP contribution in [0.4, 0.5) is 8.39 Å². The maximum Gasteiger partial charge on any atom is 0.415 e. The molecular weight excluding hydrogens is 159 g/mol. The summed E-state index contributed by atoms with van der Waals surface area (Å²) in [4.78, 5) is 0. The van der Waals surface area contributed by atoms with E-state index in [-0.39, 0.29) is 0 Å². The van der Waals surface area contributed by atoms with Crippen molar-refractivity contribution in [1.29, 1.82) is 0 Å². The van der Waals surface area contributed by atoms with Crippen molar-refractivity contribution in [3.63, 3.8) is 0 Å². The van der Waals surface area contributed by atoms with Crippen LogP contribution in [0.25, 0.3) is 0 Å². The van der Waals surface area contributed by atoms with Gasteiger partial charge in [-0.05, 0) is 26.8 Å². The van der Waals surface area contributed by atoms with Gasteiger partial charge in [0.2, 0.25) is 0 Å². The molecule has 10 heavy (non-hydrogen) atoms. The topological polar surface area (TPSA) is 35.2 Å². The summed E-state index contributed by atoms with van der Waals surface area (Å²) in [7, 11) is -3.26. The van der Waals surface area contributed by atoms with Crippen LogP contribution in [0.2, 0.25) is 0 Å². The lowest BCUT2D eigenvalue weighted by Gasteiger charge is -2.22. The largest absolute Gasteiger partial charge is 0.415 e. The summed E-state index contributed by atoms with van der Waals surface area (Å²) in [5, 5.41) is 0. The highest BCUT2D eigenvalue weighted by Crippen LogP contribution is 2.44. The van der Waals surface area contributed by atoms with Crippen LogP contribution in [0.5, 0.6) is 0 Å². The number of halogens is 2. The van der Waals surface area contributed by atoms with Crippen molar-refractivity contribution in [2.24, 2.45) is 5.73 Å². The molecule has 0 aromatic rings. The SMILES string of the molecule is CC(C)(CCN)OP(F)F. The Morgan fingerprint density at radius 3 is 2.30 bits per heavy atom. The van der Waals surface area contributed by atoms with E-state index in [1.807, 2.05) is 0 Å². The first-order valence-electron chi connectivity index (χ1n) is 2.99. The number of hydrogen-bond acceptors (Lipinski definition) is 2. The molecule has 0 saturated heterocycles. The van der Waals surface area contributed by atoms with Gasteiger partial charge in [0, 0.05) is 0 Å². The molecule has 62 valence electrons. The standard InChI is InChI=1S/C5H12F2NOP/c1-5(2,3-4-8)9-10(6)7/h3-4,8H2,1-2H3. The molecular formula is C5H12F2NOP. The van der Waals surface area contributed by atoms with E-state index in [1.54, 1.807) is 13.8 Å². The first-order valence-corrected chi connectivity index (χ1v) is 4.03. The zero-order valence-electron chi connectivity index (χ0n) is 6.10. The van der Waals surface area contributed by atoms with E-state index in [4.69, 9.17) is 5.73 Å². The fourth-order valence-corrected chi connectivity index (χ4v) is 1.04. The molecule has 2 N–H and O–H groups in total. The minimum atomic E-state index is -3.26. The van der Waals surface area contributed by atoms with Crippen molar-refractivity contribution in [2.75, 3.05) is 6.54 Å². The molecule has 0 radical (unpaired) electrons. The summed E-state index contributed by atoms with van der Waals surface area (Å²) in [5.41, 5.74) is 4.40. The molecule has 0 spiro atoms. The molecule has 0 aromatic carbocycles. The van der Waals surface area contributed by atoms with Gasteiger partial charge in [-0.25, -0.2) is 0 Å². The first-order chi connectivity index (χ1) is 4.48. The van der Waals surface area contributed by atoms with Gasteiger partial charge in [0.05, 0.1) is 5.60 Å². The third-order valence-corrected chi connectivity index (χ3v) is 1.69. The summed E-state index contributed by atoms with van der Waals surface area (Å²) in [6.07, 6.45) is 0.458. The van der Waals surface area contributed by atoms with E-state index >= 15 is 0 Å². The lowest BCUT2D eigenvalue weighted by molar-refractivity contribution is 0.102. The van der Waals surface area contributed by atoms with Crippen molar-refractivity contribution in [3.05, 3.63) is 0 Å². The highest BCUT2D eigenvalue weighted by molar-refractivity contribution is 7.40. The van der Waals surface area contributed by atoms with Gasteiger partial charge in [0.1, 0.15) is 0 Å². The Morgan fingerprint density at radius 2 is 2.00 bits per heavy atom. The number of hydrogen-bond donors (Lipinski definition) is 1. The quantitative estimate of drug-likeness (QED) is 0.658. The van der Waals surface area contributed by atoms with Gasteiger partial charge >= 0.3 is 8.77 Å². The molecule has 0 unspecified atom stereocenters. The minimum absolute atomic E-state index is 0.371. The molecule has 0 bridgehead atoms. The predicted molar refractivity (Wildman–Crippen MR) is 38.0 cm³/mol. The number of nitrogens with two attached hydrogens (primary N) is 1. The van der Waals surface area contributed by atoms with Crippen LogP contribution in [-0.2, 0) is 4.52 Å². The molecule has 0 aliphatic heterocycles. The molecule has 0 fully saturated rings. The van der Waals surface area contributed by atoms with Crippen molar-refractivity contribution >= 4 is 8.77 Å². The predicted octanol–water partition coefficient (Wildman–Crippen LogP) is 2.30. The lowest BCUT2D eigenvalue weighted by Crippen LogP contribution is -2.24. The second-order valence-electron chi connectivity index (χ2n) is 2.59. The zero-order chi connectivity index (χ0) is 8.20. The summed E-state index contributed by atoms with van der Waals surface area (Å²) in [6.45, 7) is 3.58. The van der Waals surface area contributed by atoms with Gasteiger partial charge in [-0.1, -0.05) is 0 Å².